The van der Waals surface area contributed by atoms with Crippen LogP contribution in [-0.4, -0.2) is 23.0 Å². The number of hydrogen-bond donors (Lipinski definition) is 0. The van der Waals surface area contributed by atoms with E-state index in [0.717, 1.165) is 36.1 Å². The number of ether oxygens (including phenoxy) is 1. The molecule has 0 spiro atoms. The van der Waals surface area contributed by atoms with Crippen LogP contribution in [0.25, 0.3) is 0 Å². The van der Waals surface area contributed by atoms with E-state index in [1.807, 2.05) is 24.3 Å². The average Bonchev–Trinajstić information content (AvgIpc) is 2.41. The molecule has 3 nitrogen and oxygen atoms in total. The molecule has 0 aliphatic rings. The predicted octanol–water partition coefficient (Wildman–Crippen LogP) is 2.84. The van der Waals surface area contributed by atoms with Crippen molar-refractivity contribution in [1.29, 1.82) is 0 Å². The zero-order chi connectivity index (χ0) is 14.1. The van der Waals surface area contributed by atoms with Crippen LogP contribution in [0, 0.1) is 0 Å². The average molecular weight is 282 g/mol. The second-order valence-corrected chi connectivity index (χ2v) is 6.09. The molecule has 0 aromatic heterocycles. The molecule has 1 aromatic rings. The Morgan fingerprint density at radius 1 is 1.21 bits per heavy atom. The summed E-state index contributed by atoms with van der Waals surface area (Å²) in [6.45, 7) is 2.13. The molecule has 1 aromatic carbocycles. The molecule has 0 saturated carbocycles. The first-order valence-electron chi connectivity index (χ1n) is 6.66. The van der Waals surface area contributed by atoms with E-state index in [1.165, 1.54) is 7.11 Å². The third-order valence-corrected chi connectivity index (χ3v) is 4.35. The SMILES string of the molecule is CCCCCS(=O)Cc1ccccc1CC(=O)OC. The number of benzene rings is 1. The summed E-state index contributed by atoms with van der Waals surface area (Å²) in [4.78, 5) is 11.3. The Hall–Kier alpha value is -1.16. The fraction of sp³-hybridized carbons (Fsp3) is 0.533. The summed E-state index contributed by atoms with van der Waals surface area (Å²) in [5.41, 5.74) is 1.90. The topological polar surface area (TPSA) is 43.4 Å². The molecule has 106 valence electrons. The van der Waals surface area contributed by atoms with Crippen molar-refractivity contribution >= 4 is 16.8 Å². The van der Waals surface area contributed by atoms with Gasteiger partial charge in [-0.15, -0.1) is 0 Å². The molecule has 0 heterocycles. The molecule has 1 unspecified atom stereocenters. The van der Waals surface area contributed by atoms with Gasteiger partial charge in [-0.05, 0) is 17.5 Å². The molecular formula is C15H22O3S. The summed E-state index contributed by atoms with van der Waals surface area (Å²) in [5, 5.41) is 0. The molecule has 0 bridgehead atoms. The van der Waals surface area contributed by atoms with Crippen molar-refractivity contribution in [2.24, 2.45) is 0 Å². The highest BCUT2D eigenvalue weighted by Gasteiger charge is 2.10. The molecule has 0 N–H and O–H groups in total. The van der Waals surface area contributed by atoms with E-state index in [4.69, 9.17) is 0 Å². The third kappa shape index (κ3) is 6.01. The molecule has 19 heavy (non-hydrogen) atoms. The van der Waals surface area contributed by atoms with E-state index >= 15 is 0 Å². The van der Waals surface area contributed by atoms with Crippen LogP contribution < -0.4 is 0 Å². The quantitative estimate of drug-likeness (QED) is 0.544. The Bertz CT molecular complexity index is 429. The molecule has 4 heteroatoms. The third-order valence-electron chi connectivity index (χ3n) is 2.97. The zero-order valence-electron chi connectivity index (χ0n) is 11.7. The van der Waals surface area contributed by atoms with E-state index in [2.05, 4.69) is 11.7 Å². The van der Waals surface area contributed by atoms with Crippen molar-refractivity contribution in [1.82, 2.24) is 0 Å². The van der Waals surface area contributed by atoms with Gasteiger partial charge in [0.25, 0.3) is 0 Å². The highest BCUT2D eigenvalue weighted by Crippen LogP contribution is 2.13. The minimum Gasteiger partial charge on any atom is -0.469 e. The number of rotatable bonds is 8. The summed E-state index contributed by atoms with van der Waals surface area (Å²) in [7, 11) is 0.531. The number of esters is 1. The number of unbranched alkanes of at least 4 members (excludes halogenated alkanes) is 2. The lowest BCUT2D eigenvalue weighted by Crippen LogP contribution is -2.09. The highest BCUT2D eigenvalue weighted by atomic mass is 32.2. The Labute approximate surface area is 117 Å². The van der Waals surface area contributed by atoms with E-state index in [-0.39, 0.29) is 12.4 Å². The molecule has 1 rings (SSSR count). The van der Waals surface area contributed by atoms with Gasteiger partial charge in [-0.25, -0.2) is 0 Å². The van der Waals surface area contributed by atoms with Crippen LogP contribution in [0.1, 0.15) is 37.3 Å². The monoisotopic (exact) mass is 282 g/mol. The maximum Gasteiger partial charge on any atom is 0.309 e. The van der Waals surface area contributed by atoms with Gasteiger partial charge in [-0.2, -0.15) is 0 Å². The van der Waals surface area contributed by atoms with Crippen molar-refractivity contribution < 1.29 is 13.7 Å². The second kappa shape index (κ2) is 8.86. The summed E-state index contributed by atoms with van der Waals surface area (Å²) in [6, 6.07) is 7.65. The van der Waals surface area contributed by atoms with Crippen molar-refractivity contribution in [3.8, 4) is 0 Å². The number of hydrogen-bond acceptors (Lipinski definition) is 3. The molecule has 0 amide bonds. The first kappa shape index (κ1) is 15.9. The smallest absolute Gasteiger partial charge is 0.309 e. The summed E-state index contributed by atoms with van der Waals surface area (Å²) >= 11 is 0. The van der Waals surface area contributed by atoms with E-state index in [1.54, 1.807) is 0 Å². The molecule has 0 radical (unpaired) electrons. The van der Waals surface area contributed by atoms with Gasteiger partial charge in [0.1, 0.15) is 0 Å². The largest absolute Gasteiger partial charge is 0.469 e. The lowest BCUT2D eigenvalue weighted by atomic mass is 10.1. The van der Waals surface area contributed by atoms with Crippen LogP contribution >= 0.6 is 0 Å². The van der Waals surface area contributed by atoms with Crippen LogP contribution in [0.2, 0.25) is 0 Å². The summed E-state index contributed by atoms with van der Waals surface area (Å²) in [5.74, 6) is 1.00. The van der Waals surface area contributed by atoms with E-state index in [9.17, 15) is 9.00 Å². The number of carbonyl (C=O) groups is 1. The van der Waals surface area contributed by atoms with Gasteiger partial charge in [-0.3, -0.25) is 9.00 Å². The van der Waals surface area contributed by atoms with Gasteiger partial charge in [0.05, 0.1) is 13.5 Å². The first-order chi connectivity index (χ1) is 9.17. The molecule has 0 aliphatic carbocycles. The van der Waals surface area contributed by atoms with Gasteiger partial charge in [0, 0.05) is 22.3 Å². The lowest BCUT2D eigenvalue weighted by molar-refractivity contribution is -0.139. The molecule has 1 atom stereocenters. The van der Waals surface area contributed by atoms with Crippen molar-refractivity contribution in [2.75, 3.05) is 12.9 Å². The maximum absolute atomic E-state index is 12.0. The summed E-state index contributed by atoms with van der Waals surface area (Å²) < 4.78 is 16.7. The van der Waals surface area contributed by atoms with Crippen LogP contribution in [0.5, 0.6) is 0 Å². The van der Waals surface area contributed by atoms with Gasteiger partial charge in [0.2, 0.25) is 0 Å². The Morgan fingerprint density at radius 3 is 2.53 bits per heavy atom. The van der Waals surface area contributed by atoms with Crippen molar-refractivity contribution in [3.63, 3.8) is 0 Å². The van der Waals surface area contributed by atoms with Crippen LogP contribution in [-0.2, 0) is 32.5 Å². The summed E-state index contributed by atoms with van der Waals surface area (Å²) in [6.07, 6.45) is 3.51. The fourth-order valence-corrected chi connectivity index (χ4v) is 3.16. The molecule has 0 fully saturated rings. The van der Waals surface area contributed by atoms with Crippen LogP contribution in [0.3, 0.4) is 0 Å². The first-order valence-corrected chi connectivity index (χ1v) is 8.14. The Balaban J connectivity index is 2.61. The normalized spacial score (nSPS) is 12.1. The minimum absolute atomic E-state index is 0.249. The van der Waals surface area contributed by atoms with Crippen LogP contribution in [0.4, 0.5) is 0 Å². The van der Waals surface area contributed by atoms with Gasteiger partial charge in [0.15, 0.2) is 0 Å². The Kier molecular flexibility index (Phi) is 7.41. The van der Waals surface area contributed by atoms with Gasteiger partial charge in [-0.1, -0.05) is 44.0 Å². The number of carbonyl (C=O) groups excluding carboxylic acids is 1. The molecule has 0 aliphatic heterocycles. The Morgan fingerprint density at radius 2 is 1.89 bits per heavy atom. The van der Waals surface area contributed by atoms with Crippen molar-refractivity contribution in [2.45, 2.75) is 38.4 Å². The maximum atomic E-state index is 12.0. The van der Waals surface area contributed by atoms with Gasteiger partial charge < -0.3 is 4.74 Å². The van der Waals surface area contributed by atoms with E-state index in [0.29, 0.717) is 5.75 Å². The highest BCUT2D eigenvalue weighted by molar-refractivity contribution is 7.84. The minimum atomic E-state index is -0.852. The predicted molar refractivity (Wildman–Crippen MR) is 78.4 cm³/mol. The van der Waals surface area contributed by atoms with Gasteiger partial charge >= 0.3 is 5.97 Å². The fourth-order valence-electron chi connectivity index (χ4n) is 1.86. The van der Waals surface area contributed by atoms with E-state index < -0.39 is 10.8 Å². The zero-order valence-corrected chi connectivity index (χ0v) is 12.5. The van der Waals surface area contributed by atoms with Crippen LogP contribution in [0.15, 0.2) is 24.3 Å². The standard InChI is InChI=1S/C15H22O3S/c1-3-4-7-10-19(17)12-14-9-6-5-8-13(14)11-15(16)18-2/h5-6,8-9H,3-4,7,10-12H2,1-2H3. The molecular weight excluding hydrogens is 260 g/mol. The molecule has 0 saturated heterocycles. The second-order valence-electron chi connectivity index (χ2n) is 4.52. The number of methoxy groups -OCH3 is 1. The lowest BCUT2D eigenvalue weighted by Gasteiger charge is -2.08. The van der Waals surface area contributed by atoms with Crippen molar-refractivity contribution in [3.05, 3.63) is 35.4 Å².